The van der Waals surface area contributed by atoms with E-state index in [9.17, 15) is 4.39 Å². The molecule has 0 aliphatic heterocycles. The average molecular weight is 347 g/mol. The molecule has 0 radical (unpaired) electrons. The first kappa shape index (κ1) is 17.4. The molecule has 0 aliphatic carbocycles. The molecule has 1 rings (SSSR count). The van der Waals surface area contributed by atoms with Gasteiger partial charge in [0.25, 0.3) is 0 Å². The van der Waals surface area contributed by atoms with Crippen LogP contribution in [0.1, 0.15) is 51.4 Å². The Morgan fingerprint density at radius 2 is 1.55 bits per heavy atom. The SMILES string of the molecule is OCCCCCCCCCCOc1ccc(Br)cc1F. The molecule has 0 bridgehead atoms. The van der Waals surface area contributed by atoms with Crippen molar-refractivity contribution >= 4 is 15.9 Å². The van der Waals surface area contributed by atoms with Gasteiger partial charge in [-0.15, -0.1) is 0 Å². The lowest BCUT2D eigenvalue weighted by Gasteiger charge is -2.07. The van der Waals surface area contributed by atoms with Crippen molar-refractivity contribution in [1.29, 1.82) is 0 Å². The molecule has 0 aromatic heterocycles. The maximum atomic E-state index is 13.5. The molecule has 0 saturated heterocycles. The second kappa shape index (κ2) is 11.1. The van der Waals surface area contributed by atoms with Gasteiger partial charge in [-0.25, -0.2) is 4.39 Å². The quantitative estimate of drug-likeness (QED) is 0.566. The number of hydrogen-bond acceptors (Lipinski definition) is 2. The van der Waals surface area contributed by atoms with Gasteiger partial charge in [0.2, 0.25) is 0 Å². The second-order valence-corrected chi connectivity index (χ2v) is 5.89. The molecule has 4 heteroatoms. The van der Waals surface area contributed by atoms with Crippen molar-refractivity contribution in [2.45, 2.75) is 51.4 Å². The molecule has 0 atom stereocenters. The van der Waals surface area contributed by atoms with Crippen molar-refractivity contribution in [2.75, 3.05) is 13.2 Å². The van der Waals surface area contributed by atoms with Crippen LogP contribution in [0.15, 0.2) is 22.7 Å². The Bertz CT molecular complexity index is 371. The van der Waals surface area contributed by atoms with Crippen molar-refractivity contribution in [1.82, 2.24) is 0 Å². The molecule has 0 heterocycles. The van der Waals surface area contributed by atoms with Gasteiger partial charge >= 0.3 is 0 Å². The minimum Gasteiger partial charge on any atom is -0.491 e. The smallest absolute Gasteiger partial charge is 0.166 e. The number of ether oxygens (including phenoxy) is 1. The van der Waals surface area contributed by atoms with E-state index in [4.69, 9.17) is 9.84 Å². The summed E-state index contributed by atoms with van der Waals surface area (Å²) in [5.74, 6) is 0.0143. The Labute approximate surface area is 129 Å². The number of halogens is 2. The Hall–Kier alpha value is -0.610. The lowest BCUT2D eigenvalue weighted by Crippen LogP contribution is -1.99. The van der Waals surface area contributed by atoms with Gasteiger partial charge in [-0.1, -0.05) is 54.5 Å². The number of aliphatic hydroxyl groups excluding tert-OH is 1. The summed E-state index contributed by atoms with van der Waals surface area (Å²) in [4.78, 5) is 0. The number of unbranched alkanes of at least 4 members (excludes halogenated alkanes) is 7. The van der Waals surface area contributed by atoms with E-state index in [1.54, 1.807) is 12.1 Å². The molecule has 1 N–H and O–H groups in total. The van der Waals surface area contributed by atoms with Crippen LogP contribution >= 0.6 is 15.9 Å². The third-order valence-corrected chi connectivity index (χ3v) is 3.70. The Kier molecular flexibility index (Phi) is 9.67. The maximum absolute atomic E-state index is 13.5. The lowest BCUT2D eigenvalue weighted by atomic mass is 10.1. The fourth-order valence-electron chi connectivity index (χ4n) is 2.05. The van der Waals surface area contributed by atoms with Gasteiger partial charge in [0, 0.05) is 11.1 Å². The van der Waals surface area contributed by atoms with Crippen LogP contribution in [0.3, 0.4) is 0 Å². The van der Waals surface area contributed by atoms with Crippen LogP contribution in [0.5, 0.6) is 5.75 Å². The predicted octanol–water partition coefficient (Wildman–Crippen LogP) is 5.08. The Morgan fingerprint density at radius 3 is 2.15 bits per heavy atom. The highest BCUT2D eigenvalue weighted by Gasteiger charge is 2.03. The number of benzene rings is 1. The van der Waals surface area contributed by atoms with Gasteiger partial charge in [0.1, 0.15) is 0 Å². The molecule has 1 aromatic rings. The van der Waals surface area contributed by atoms with E-state index in [-0.39, 0.29) is 5.82 Å². The monoisotopic (exact) mass is 346 g/mol. The molecule has 2 nitrogen and oxygen atoms in total. The first-order valence-corrected chi connectivity index (χ1v) is 8.22. The third kappa shape index (κ3) is 7.85. The zero-order valence-electron chi connectivity index (χ0n) is 11.9. The van der Waals surface area contributed by atoms with Crippen LogP contribution in [-0.4, -0.2) is 18.3 Å². The van der Waals surface area contributed by atoms with Crippen molar-refractivity contribution in [2.24, 2.45) is 0 Å². The largest absolute Gasteiger partial charge is 0.491 e. The normalized spacial score (nSPS) is 10.8. The van der Waals surface area contributed by atoms with Crippen LogP contribution in [0.2, 0.25) is 0 Å². The topological polar surface area (TPSA) is 29.5 Å². The molecule has 0 aliphatic rings. The minimum absolute atomic E-state index is 0.309. The van der Waals surface area contributed by atoms with E-state index in [2.05, 4.69) is 15.9 Å². The van der Waals surface area contributed by atoms with Crippen molar-refractivity contribution in [3.05, 3.63) is 28.5 Å². The van der Waals surface area contributed by atoms with Crippen LogP contribution in [0, 0.1) is 5.82 Å². The number of aliphatic hydroxyl groups is 1. The van der Waals surface area contributed by atoms with Gasteiger partial charge in [0.05, 0.1) is 6.61 Å². The Balaban J connectivity index is 1.97. The fourth-order valence-corrected chi connectivity index (χ4v) is 2.38. The van der Waals surface area contributed by atoms with E-state index in [0.29, 0.717) is 19.0 Å². The molecule has 1 aromatic carbocycles. The van der Waals surface area contributed by atoms with E-state index in [1.165, 1.54) is 31.7 Å². The van der Waals surface area contributed by atoms with Crippen LogP contribution in [0.25, 0.3) is 0 Å². The van der Waals surface area contributed by atoms with Crippen LogP contribution in [0.4, 0.5) is 4.39 Å². The minimum atomic E-state index is -0.316. The van der Waals surface area contributed by atoms with E-state index in [0.717, 1.165) is 30.2 Å². The first-order valence-electron chi connectivity index (χ1n) is 7.43. The van der Waals surface area contributed by atoms with Crippen LogP contribution in [-0.2, 0) is 0 Å². The summed E-state index contributed by atoms with van der Waals surface area (Å²) in [6.07, 6.45) is 9.02. The van der Waals surface area contributed by atoms with Gasteiger partial charge in [-0.3, -0.25) is 0 Å². The molecule has 0 amide bonds. The van der Waals surface area contributed by atoms with E-state index >= 15 is 0 Å². The summed E-state index contributed by atoms with van der Waals surface area (Å²) in [5.41, 5.74) is 0. The highest BCUT2D eigenvalue weighted by molar-refractivity contribution is 9.10. The summed E-state index contributed by atoms with van der Waals surface area (Å²) >= 11 is 3.22. The van der Waals surface area contributed by atoms with Gasteiger partial charge in [0.15, 0.2) is 11.6 Å². The summed E-state index contributed by atoms with van der Waals surface area (Å²) in [6.45, 7) is 0.882. The lowest BCUT2D eigenvalue weighted by molar-refractivity contribution is 0.281. The zero-order valence-corrected chi connectivity index (χ0v) is 13.5. The second-order valence-electron chi connectivity index (χ2n) is 4.98. The first-order chi connectivity index (χ1) is 9.74. The summed E-state index contributed by atoms with van der Waals surface area (Å²) < 4.78 is 19.6. The van der Waals surface area contributed by atoms with Gasteiger partial charge in [-0.05, 0) is 31.0 Å². The summed E-state index contributed by atoms with van der Waals surface area (Å²) in [5, 5.41) is 8.65. The van der Waals surface area contributed by atoms with Crippen molar-refractivity contribution in [3.8, 4) is 5.75 Å². The average Bonchev–Trinajstić information content (AvgIpc) is 2.43. The van der Waals surface area contributed by atoms with E-state index < -0.39 is 0 Å². The number of hydrogen-bond donors (Lipinski definition) is 1. The summed E-state index contributed by atoms with van der Waals surface area (Å²) in [6, 6.07) is 4.85. The van der Waals surface area contributed by atoms with E-state index in [1.807, 2.05) is 0 Å². The molecule has 0 fully saturated rings. The fraction of sp³-hybridized carbons (Fsp3) is 0.625. The van der Waals surface area contributed by atoms with Gasteiger partial charge in [-0.2, -0.15) is 0 Å². The molecule has 114 valence electrons. The molecular weight excluding hydrogens is 323 g/mol. The molecular formula is C16H24BrFO2. The van der Waals surface area contributed by atoms with Gasteiger partial charge < -0.3 is 9.84 Å². The standard InChI is InChI=1S/C16H24BrFO2/c17-14-9-10-16(15(18)13-14)20-12-8-6-4-2-1-3-5-7-11-19/h9-10,13,19H,1-8,11-12H2. The molecule has 0 spiro atoms. The zero-order chi connectivity index (χ0) is 14.6. The molecule has 0 saturated carbocycles. The van der Waals surface area contributed by atoms with Crippen molar-refractivity contribution in [3.63, 3.8) is 0 Å². The summed E-state index contributed by atoms with van der Waals surface area (Å²) in [7, 11) is 0. The predicted molar refractivity (Wildman–Crippen MR) is 83.6 cm³/mol. The van der Waals surface area contributed by atoms with Crippen molar-refractivity contribution < 1.29 is 14.2 Å². The highest BCUT2D eigenvalue weighted by atomic mass is 79.9. The Morgan fingerprint density at radius 1 is 0.950 bits per heavy atom. The molecule has 0 unspecified atom stereocenters. The van der Waals surface area contributed by atoms with Crippen LogP contribution < -0.4 is 4.74 Å². The molecule has 20 heavy (non-hydrogen) atoms. The third-order valence-electron chi connectivity index (χ3n) is 3.20. The highest BCUT2D eigenvalue weighted by Crippen LogP contribution is 2.21. The number of rotatable bonds is 11. The maximum Gasteiger partial charge on any atom is 0.166 e.